The molecule has 1 fully saturated rings. The Hall–Kier alpha value is -2.13. The number of hydrogen-bond donors (Lipinski definition) is 2. The molecule has 1 aliphatic rings. The molecule has 0 amide bonds. The van der Waals surface area contributed by atoms with Crippen molar-refractivity contribution in [3.8, 4) is 6.07 Å². The Morgan fingerprint density at radius 2 is 2.26 bits per heavy atom. The van der Waals surface area contributed by atoms with Crippen LogP contribution in [0.1, 0.15) is 23.4 Å². The number of nitriles is 1. The van der Waals surface area contributed by atoms with Crippen LogP contribution >= 0.6 is 0 Å². The number of β-amino-alcohol motifs (C(OH)–C–C–N with tert-alkyl or cyclic N) is 1. The number of aromatic nitrogens is 1. The average Bonchev–Trinajstić information content (AvgIpc) is 2.70. The van der Waals surface area contributed by atoms with Gasteiger partial charge in [0.15, 0.2) is 0 Å². The summed E-state index contributed by atoms with van der Waals surface area (Å²) in [5, 5.41) is 28.1. The van der Waals surface area contributed by atoms with E-state index < -0.39 is 18.1 Å². The Kier molecular flexibility index (Phi) is 3.40. The lowest BCUT2D eigenvalue weighted by molar-refractivity contribution is -0.138. The molecular formula is C13H15N3O3. The quantitative estimate of drug-likeness (QED) is 0.808. The zero-order valence-corrected chi connectivity index (χ0v) is 10.8. The standard InChI is InChI=1S/C13H15N3O3/c1-7-3-11(10(5-14)8(2)15-7)16-6-9(17)4-12(16)13(18)19/h3,9,12,17H,4,6H2,1-2H3,(H,18,19). The normalized spacial score (nSPS) is 22.3. The minimum absolute atomic E-state index is 0.167. The van der Waals surface area contributed by atoms with Crippen molar-refractivity contribution in [2.75, 3.05) is 11.4 Å². The van der Waals surface area contributed by atoms with E-state index in [4.69, 9.17) is 0 Å². The van der Waals surface area contributed by atoms with Crippen LogP contribution in [0, 0.1) is 25.2 Å². The number of anilines is 1. The Bertz CT molecular complexity index is 565. The second-order valence-corrected chi connectivity index (χ2v) is 4.75. The Balaban J connectivity index is 2.52. The van der Waals surface area contributed by atoms with Gasteiger partial charge in [0.2, 0.25) is 0 Å². The molecule has 2 heterocycles. The van der Waals surface area contributed by atoms with Gasteiger partial charge in [0.05, 0.1) is 23.0 Å². The zero-order valence-electron chi connectivity index (χ0n) is 10.8. The Labute approximate surface area is 110 Å². The van der Waals surface area contributed by atoms with E-state index in [0.717, 1.165) is 5.69 Å². The Morgan fingerprint density at radius 3 is 2.84 bits per heavy atom. The molecule has 2 atom stereocenters. The summed E-state index contributed by atoms with van der Waals surface area (Å²) in [4.78, 5) is 17.0. The van der Waals surface area contributed by atoms with Crippen molar-refractivity contribution < 1.29 is 15.0 Å². The number of hydrogen-bond acceptors (Lipinski definition) is 5. The van der Waals surface area contributed by atoms with Crippen molar-refractivity contribution in [2.24, 2.45) is 0 Å². The molecule has 0 aliphatic carbocycles. The summed E-state index contributed by atoms with van der Waals surface area (Å²) in [5.74, 6) is -0.993. The first-order valence-corrected chi connectivity index (χ1v) is 6.00. The third kappa shape index (κ3) is 2.37. The number of nitrogens with zero attached hydrogens (tertiary/aromatic N) is 3. The first-order valence-electron chi connectivity index (χ1n) is 6.00. The minimum atomic E-state index is -0.993. The van der Waals surface area contributed by atoms with Crippen molar-refractivity contribution in [3.05, 3.63) is 23.0 Å². The number of aliphatic hydroxyl groups is 1. The van der Waals surface area contributed by atoms with Crippen molar-refractivity contribution >= 4 is 11.7 Å². The molecule has 2 N–H and O–H groups in total. The molecule has 6 heteroatoms. The van der Waals surface area contributed by atoms with E-state index in [1.54, 1.807) is 24.8 Å². The number of aryl methyl sites for hydroxylation is 2. The average molecular weight is 261 g/mol. The summed E-state index contributed by atoms with van der Waals surface area (Å²) in [6, 6.07) is 2.96. The molecule has 0 bridgehead atoms. The predicted octanol–water partition coefficient (Wildman–Crippen LogP) is 0.594. The van der Waals surface area contributed by atoms with Gasteiger partial charge in [-0.2, -0.15) is 5.26 Å². The van der Waals surface area contributed by atoms with E-state index in [1.165, 1.54) is 0 Å². The molecule has 100 valence electrons. The number of rotatable bonds is 2. The minimum Gasteiger partial charge on any atom is -0.480 e. The smallest absolute Gasteiger partial charge is 0.326 e. The molecule has 0 saturated carbocycles. The number of aliphatic hydroxyl groups excluding tert-OH is 1. The summed E-state index contributed by atoms with van der Waals surface area (Å²) >= 11 is 0. The first-order chi connectivity index (χ1) is 8.93. The van der Waals surface area contributed by atoms with E-state index in [2.05, 4.69) is 11.1 Å². The van der Waals surface area contributed by atoms with Gasteiger partial charge in [-0.1, -0.05) is 0 Å². The maximum absolute atomic E-state index is 11.2. The van der Waals surface area contributed by atoms with Crippen LogP contribution in [-0.4, -0.2) is 39.9 Å². The van der Waals surface area contributed by atoms with Crippen LogP contribution in [0.3, 0.4) is 0 Å². The van der Waals surface area contributed by atoms with Gasteiger partial charge < -0.3 is 15.1 Å². The van der Waals surface area contributed by atoms with E-state index in [0.29, 0.717) is 16.9 Å². The van der Waals surface area contributed by atoms with Crippen LogP contribution in [0.15, 0.2) is 6.07 Å². The van der Waals surface area contributed by atoms with E-state index in [1.807, 2.05) is 0 Å². The molecule has 2 rings (SSSR count). The lowest BCUT2D eigenvalue weighted by atomic mass is 10.1. The van der Waals surface area contributed by atoms with Gasteiger partial charge in [-0.25, -0.2) is 4.79 Å². The van der Waals surface area contributed by atoms with E-state index in [-0.39, 0.29) is 13.0 Å². The Morgan fingerprint density at radius 1 is 1.58 bits per heavy atom. The monoisotopic (exact) mass is 261 g/mol. The van der Waals surface area contributed by atoms with Crippen molar-refractivity contribution in [3.63, 3.8) is 0 Å². The first kappa shape index (κ1) is 13.3. The molecule has 0 radical (unpaired) electrons. The third-order valence-corrected chi connectivity index (χ3v) is 3.29. The lowest BCUT2D eigenvalue weighted by Crippen LogP contribution is -2.36. The van der Waals surface area contributed by atoms with E-state index in [9.17, 15) is 20.3 Å². The van der Waals surface area contributed by atoms with Crippen molar-refractivity contribution in [1.82, 2.24) is 4.98 Å². The van der Waals surface area contributed by atoms with Crippen LogP contribution in [0.2, 0.25) is 0 Å². The lowest BCUT2D eigenvalue weighted by Gasteiger charge is -2.25. The summed E-state index contributed by atoms with van der Waals surface area (Å²) in [7, 11) is 0. The van der Waals surface area contributed by atoms with Gasteiger partial charge in [-0.3, -0.25) is 4.98 Å². The third-order valence-electron chi connectivity index (χ3n) is 3.29. The maximum Gasteiger partial charge on any atom is 0.326 e. The van der Waals surface area contributed by atoms with Crippen LogP contribution in [0.5, 0.6) is 0 Å². The summed E-state index contributed by atoms with van der Waals surface area (Å²) < 4.78 is 0. The highest BCUT2D eigenvalue weighted by molar-refractivity contribution is 5.80. The molecule has 19 heavy (non-hydrogen) atoms. The van der Waals surface area contributed by atoms with Crippen molar-refractivity contribution in [2.45, 2.75) is 32.4 Å². The fourth-order valence-corrected chi connectivity index (χ4v) is 2.49. The largest absolute Gasteiger partial charge is 0.480 e. The number of carboxylic acids is 1. The zero-order chi connectivity index (χ0) is 14.2. The number of carboxylic acid groups (broad SMARTS) is 1. The van der Waals surface area contributed by atoms with Gasteiger partial charge in [-0.15, -0.1) is 0 Å². The molecular weight excluding hydrogens is 246 g/mol. The van der Waals surface area contributed by atoms with E-state index >= 15 is 0 Å². The predicted molar refractivity (Wildman–Crippen MR) is 67.8 cm³/mol. The SMILES string of the molecule is Cc1cc(N2CC(O)CC2C(=O)O)c(C#N)c(C)n1. The van der Waals surface area contributed by atoms with Crippen LogP contribution in [-0.2, 0) is 4.79 Å². The fraction of sp³-hybridized carbons (Fsp3) is 0.462. The van der Waals surface area contributed by atoms with Crippen molar-refractivity contribution in [1.29, 1.82) is 5.26 Å². The molecule has 6 nitrogen and oxygen atoms in total. The van der Waals surface area contributed by atoms with Gasteiger partial charge in [0.1, 0.15) is 12.1 Å². The topological polar surface area (TPSA) is 97.5 Å². The molecule has 1 aromatic heterocycles. The molecule has 1 aromatic rings. The second kappa shape index (κ2) is 4.86. The van der Waals surface area contributed by atoms with Gasteiger partial charge in [0.25, 0.3) is 0 Å². The maximum atomic E-state index is 11.2. The summed E-state index contributed by atoms with van der Waals surface area (Å²) in [6.07, 6.45) is -0.526. The molecule has 1 aliphatic heterocycles. The molecule has 1 saturated heterocycles. The summed E-state index contributed by atoms with van der Waals surface area (Å²) in [6.45, 7) is 3.73. The molecule has 2 unspecified atom stereocenters. The highest BCUT2D eigenvalue weighted by Crippen LogP contribution is 2.30. The highest BCUT2D eigenvalue weighted by Gasteiger charge is 2.37. The van der Waals surface area contributed by atoms with Crippen LogP contribution in [0.4, 0.5) is 5.69 Å². The molecule has 0 aromatic carbocycles. The van der Waals surface area contributed by atoms with Gasteiger partial charge in [-0.05, 0) is 19.9 Å². The van der Waals surface area contributed by atoms with Crippen LogP contribution in [0.25, 0.3) is 0 Å². The summed E-state index contributed by atoms with van der Waals surface area (Å²) in [5.41, 5.74) is 2.20. The van der Waals surface area contributed by atoms with Gasteiger partial charge in [0, 0.05) is 18.7 Å². The highest BCUT2D eigenvalue weighted by atomic mass is 16.4. The second-order valence-electron chi connectivity index (χ2n) is 4.75. The number of aliphatic carboxylic acids is 1. The number of carbonyl (C=O) groups is 1. The van der Waals surface area contributed by atoms with Gasteiger partial charge >= 0.3 is 5.97 Å². The fourth-order valence-electron chi connectivity index (χ4n) is 2.49. The number of pyridine rings is 1. The van der Waals surface area contributed by atoms with Crippen LogP contribution < -0.4 is 4.90 Å². The molecule has 0 spiro atoms.